The molecule has 0 radical (unpaired) electrons. The van der Waals surface area contributed by atoms with Crippen molar-refractivity contribution >= 4 is 21.8 Å². The van der Waals surface area contributed by atoms with E-state index < -0.39 is 12.1 Å². The van der Waals surface area contributed by atoms with Gasteiger partial charge >= 0.3 is 12.1 Å². The molecule has 2 nitrogen and oxygen atoms in total. The molecule has 1 aromatic carbocycles. The minimum absolute atomic E-state index is 0.0287. The van der Waals surface area contributed by atoms with E-state index in [1.54, 1.807) is 18.2 Å². The van der Waals surface area contributed by atoms with Gasteiger partial charge < -0.3 is 4.90 Å². The van der Waals surface area contributed by atoms with Crippen molar-refractivity contribution in [1.82, 2.24) is 4.90 Å². The van der Waals surface area contributed by atoms with Gasteiger partial charge in [-0.25, -0.2) is 0 Å². The zero-order valence-corrected chi connectivity index (χ0v) is 10.7. The third-order valence-corrected chi connectivity index (χ3v) is 3.04. The molecule has 1 aromatic rings. The Morgan fingerprint density at radius 3 is 2.47 bits per heavy atom. The maximum absolute atomic E-state index is 12.1. The summed E-state index contributed by atoms with van der Waals surface area (Å²) in [5, 5.41) is 0. The number of benzene rings is 1. The highest BCUT2D eigenvalue weighted by molar-refractivity contribution is 9.10. The van der Waals surface area contributed by atoms with Crippen molar-refractivity contribution in [2.24, 2.45) is 0 Å². The Morgan fingerprint density at radius 1 is 1.35 bits per heavy atom. The Bertz CT molecular complexity index is 406. The molecule has 0 fully saturated rings. The molecule has 0 heterocycles. The Labute approximate surface area is 106 Å². The van der Waals surface area contributed by atoms with Crippen LogP contribution in [0.4, 0.5) is 13.2 Å². The van der Waals surface area contributed by atoms with Crippen LogP contribution in [-0.4, -0.2) is 30.6 Å². The Morgan fingerprint density at radius 2 is 1.94 bits per heavy atom. The molecule has 1 rings (SSSR count). The molecule has 0 bridgehead atoms. The molecule has 0 aliphatic carbocycles. The summed E-state index contributed by atoms with van der Waals surface area (Å²) in [5.74, 6) is -1.82. The van der Waals surface area contributed by atoms with Crippen molar-refractivity contribution in [3.05, 3.63) is 34.3 Å². The Kier molecular flexibility index (Phi) is 4.56. The van der Waals surface area contributed by atoms with Gasteiger partial charge in [0, 0.05) is 18.1 Å². The molecule has 0 N–H and O–H groups in total. The number of nitrogens with zero attached hydrogens (tertiary/aromatic N) is 1. The van der Waals surface area contributed by atoms with Crippen LogP contribution >= 0.6 is 15.9 Å². The average molecular weight is 310 g/mol. The first-order valence-electron chi connectivity index (χ1n) is 4.88. The summed E-state index contributed by atoms with van der Waals surface area (Å²) in [6.45, 7) is 0.0287. The standard InChI is InChI=1S/C11H11BrF3NO/c1-16(10(17)11(13,14)15)7-6-8-4-2-3-5-9(8)12/h2-5H,6-7H2,1H3. The average Bonchev–Trinajstić information content (AvgIpc) is 2.25. The minimum atomic E-state index is -4.80. The zero-order chi connectivity index (χ0) is 13.1. The van der Waals surface area contributed by atoms with E-state index in [0.717, 1.165) is 17.1 Å². The lowest BCUT2D eigenvalue weighted by Gasteiger charge is -2.18. The van der Waals surface area contributed by atoms with Gasteiger partial charge in [-0.15, -0.1) is 0 Å². The van der Waals surface area contributed by atoms with Gasteiger partial charge in [-0.3, -0.25) is 4.79 Å². The third kappa shape index (κ3) is 4.03. The summed E-state index contributed by atoms with van der Waals surface area (Å²) in [5.41, 5.74) is 0.870. The molecule has 6 heteroatoms. The lowest BCUT2D eigenvalue weighted by atomic mass is 10.1. The number of carbonyl (C=O) groups excluding carboxylic acids is 1. The van der Waals surface area contributed by atoms with Crippen LogP contribution in [0.15, 0.2) is 28.7 Å². The molecule has 0 unspecified atom stereocenters. The van der Waals surface area contributed by atoms with Gasteiger partial charge in [-0.2, -0.15) is 13.2 Å². The normalized spacial score (nSPS) is 11.4. The summed E-state index contributed by atoms with van der Waals surface area (Å²) in [6.07, 6.45) is -4.43. The second-order valence-corrected chi connectivity index (χ2v) is 4.42. The number of hydrogen-bond donors (Lipinski definition) is 0. The molecular weight excluding hydrogens is 299 g/mol. The second-order valence-electron chi connectivity index (χ2n) is 3.57. The first-order chi connectivity index (χ1) is 7.82. The molecule has 0 aromatic heterocycles. The molecule has 0 saturated carbocycles. The van der Waals surface area contributed by atoms with E-state index >= 15 is 0 Å². The fourth-order valence-corrected chi connectivity index (χ4v) is 1.79. The van der Waals surface area contributed by atoms with Crippen LogP contribution in [0, 0.1) is 0 Å². The van der Waals surface area contributed by atoms with E-state index in [0.29, 0.717) is 11.3 Å². The molecular formula is C11H11BrF3NO. The number of carbonyl (C=O) groups is 1. The highest BCUT2D eigenvalue weighted by Crippen LogP contribution is 2.19. The van der Waals surface area contributed by atoms with E-state index in [1.165, 1.54) is 0 Å². The first-order valence-corrected chi connectivity index (χ1v) is 5.67. The number of likely N-dealkylation sites (N-methyl/N-ethyl adjacent to an activating group) is 1. The lowest BCUT2D eigenvalue weighted by molar-refractivity contribution is -0.184. The second kappa shape index (κ2) is 5.53. The van der Waals surface area contributed by atoms with E-state index in [9.17, 15) is 18.0 Å². The van der Waals surface area contributed by atoms with Crippen molar-refractivity contribution in [3.63, 3.8) is 0 Å². The molecule has 0 saturated heterocycles. The molecule has 0 atom stereocenters. The summed E-state index contributed by atoms with van der Waals surface area (Å²) in [6, 6.07) is 7.22. The topological polar surface area (TPSA) is 20.3 Å². The van der Waals surface area contributed by atoms with Crippen molar-refractivity contribution in [3.8, 4) is 0 Å². The van der Waals surface area contributed by atoms with Gasteiger partial charge in [0.25, 0.3) is 0 Å². The number of rotatable bonds is 3. The van der Waals surface area contributed by atoms with Gasteiger partial charge in [0.15, 0.2) is 0 Å². The van der Waals surface area contributed by atoms with Crippen molar-refractivity contribution in [2.75, 3.05) is 13.6 Å². The highest BCUT2D eigenvalue weighted by atomic mass is 79.9. The fourth-order valence-electron chi connectivity index (χ4n) is 1.31. The van der Waals surface area contributed by atoms with Crippen LogP contribution in [-0.2, 0) is 11.2 Å². The van der Waals surface area contributed by atoms with Gasteiger partial charge in [0.1, 0.15) is 0 Å². The lowest BCUT2D eigenvalue weighted by Crippen LogP contribution is -2.39. The van der Waals surface area contributed by atoms with E-state index in [4.69, 9.17) is 0 Å². The smallest absolute Gasteiger partial charge is 0.338 e. The summed E-state index contributed by atoms with van der Waals surface area (Å²) >= 11 is 3.30. The monoisotopic (exact) mass is 309 g/mol. The predicted molar refractivity (Wildman–Crippen MR) is 61.5 cm³/mol. The molecule has 1 amide bonds. The Balaban J connectivity index is 2.58. The van der Waals surface area contributed by atoms with E-state index in [2.05, 4.69) is 15.9 Å². The largest absolute Gasteiger partial charge is 0.471 e. The summed E-state index contributed by atoms with van der Waals surface area (Å²) in [4.78, 5) is 11.5. The van der Waals surface area contributed by atoms with Crippen molar-refractivity contribution in [1.29, 1.82) is 0 Å². The van der Waals surface area contributed by atoms with Crippen LogP contribution in [0.2, 0.25) is 0 Å². The number of alkyl halides is 3. The van der Waals surface area contributed by atoms with E-state index in [-0.39, 0.29) is 6.54 Å². The van der Waals surface area contributed by atoms with Gasteiger partial charge in [0.2, 0.25) is 0 Å². The van der Waals surface area contributed by atoms with Crippen molar-refractivity contribution < 1.29 is 18.0 Å². The molecule has 0 aliphatic heterocycles. The highest BCUT2D eigenvalue weighted by Gasteiger charge is 2.40. The molecule has 0 aliphatic rings. The van der Waals surface area contributed by atoms with Crippen LogP contribution in [0.3, 0.4) is 0 Å². The maximum Gasteiger partial charge on any atom is 0.471 e. The van der Waals surface area contributed by atoms with Crippen LogP contribution in [0.25, 0.3) is 0 Å². The van der Waals surface area contributed by atoms with Crippen molar-refractivity contribution in [2.45, 2.75) is 12.6 Å². The SMILES string of the molecule is CN(CCc1ccccc1Br)C(=O)C(F)(F)F. The van der Waals surface area contributed by atoms with Crippen LogP contribution in [0.1, 0.15) is 5.56 Å². The summed E-state index contributed by atoms with van der Waals surface area (Å²) in [7, 11) is 1.15. The van der Waals surface area contributed by atoms with Crippen LogP contribution < -0.4 is 0 Å². The number of hydrogen-bond acceptors (Lipinski definition) is 1. The maximum atomic E-state index is 12.1. The fraction of sp³-hybridized carbons (Fsp3) is 0.364. The molecule has 17 heavy (non-hydrogen) atoms. The zero-order valence-electron chi connectivity index (χ0n) is 9.09. The number of halogens is 4. The van der Waals surface area contributed by atoms with Crippen LogP contribution in [0.5, 0.6) is 0 Å². The predicted octanol–water partition coefficient (Wildman–Crippen LogP) is 3.01. The van der Waals surface area contributed by atoms with Gasteiger partial charge in [-0.1, -0.05) is 34.1 Å². The first kappa shape index (κ1) is 14.0. The Hall–Kier alpha value is -1.04. The molecule has 94 valence electrons. The van der Waals surface area contributed by atoms with Gasteiger partial charge in [-0.05, 0) is 18.1 Å². The van der Waals surface area contributed by atoms with Gasteiger partial charge in [0.05, 0.1) is 0 Å². The quantitative estimate of drug-likeness (QED) is 0.840. The molecule has 0 spiro atoms. The number of amides is 1. The van der Waals surface area contributed by atoms with E-state index in [1.807, 2.05) is 6.07 Å². The summed E-state index contributed by atoms with van der Waals surface area (Å²) < 4.78 is 37.1. The minimum Gasteiger partial charge on any atom is -0.338 e. The third-order valence-electron chi connectivity index (χ3n) is 2.26.